The van der Waals surface area contributed by atoms with Crippen molar-refractivity contribution in [3.63, 3.8) is 0 Å². The Kier molecular flexibility index (Phi) is 8.83. The molecule has 4 heterocycles. The van der Waals surface area contributed by atoms with Gasteiger partial charge in [0.15, 0.2) is 0 Å². The molecule has 2 fully saturated rings. The number of hydrogen-bond donors (Lipinski definition) is 0. The van der Waals surface area contributed by atoms with Gasteiger partial charge in [-0.25, -0.2) is 9.78 Å². The van der Waals surface area contributed by atoms with Crippen LogP contribution < -0.4 is 10.5 Å². The van der Waals surface area contributed by atoms with E-state index < -0.39 is 0 Å². The number of pyridine rings is 1. The number of thioether (sulfide) groups is 1. The molecule has 0 spiro atoms. The van der Waals surface area contributed by atoms with Crippen molar-refractivity contribution in [2.45, 2.75) is 27.2 Å². The maximum absolute atomic E-state index is 13.7. The highest BCUT2D eigenvalue weighted by Gasteiger charge is 2.33. The second-order valence-corrected chi connectivity index (χ2v) is 10.3. The molecule has 0 aliphatic carbocycles. The van der Waals surface area contributed by atoms with E-state index in [1.54, 1.807) is 35.1 Å². The predicted molar refractivity (Wildman–Crippen MR) is 148 cm³/mol. The minimum absolute atomic E-state index is 0.224. The van der Waals surface area contributed by atoms with E-state index in [0.29, 0.717) is 85.2 Å². The zero-order valence-corrected chi connectivity index (χ0v) is 22.9. The number of carbonyl (C=O) groups is 2. The van der Waals surface area contributed by atoms with Gasteiger partial charge in [0.05, 0.1) is 17.1 Å². The maximum Gasteiger partial charge on any atom is 0.409 e. The minimum Gasteiger partial charge on any atom is -0.450 e. The standard InChI is InChI=1S/C25H31N5O5S2/c1-4-34-14-6-9-29-23(32)19(37-25(29)36)15-18-21(26-20-8-7-17(3)16-30(20)22(18)31)27-10-12-28(13-11-27)24(33)35-5-2/h7-8,15-16H,4-6,9-14H2,1-3H3/b19-15+. The summed E-state index contributed by atoms with van der Waals surface area (Å²) in [6, 6.07) is 3.70. The fourth-order valence-corrected chi connectivity index (χ4v) is 5.51. The molecule has 2 aliphatic heterocycles. The lowest BCUT2D eigenvalue weighted by atomic mass is 10.2. The average Bonchev–Trinajstić information content (AvgIpc) is 3.16. The van der Waals surface area contributed by atoms with E-state index in [1.807, 2.05) is 24.8 Å². The highest BCUT2D eigenvalue weighted by molar-refractivity contribution is 8.26. The molecule has 2 saturated heterocycles. The highest BCUT2D eigenvalue weighted by Crippen LogP contribution is 2.33. The Balaban J connectivity index is 1.67. The van der Waals surface area contributed by atoms with Gasteiger partial charge in [-0.05, 0) is 44.9 Å². The molecule has 0 saturated carbocycles. The van der Waals surface area contributed by atoms with Crippen LogP contribution >= 0.6 is 24.0 Å². The van der Waals surface area contributed by atoms with Crippen LogP contribution in [-0.2, 0) is 14.3 Å². The summed E-state index contributed by atoms with van der Waals surface area (Å²) in [6.45, 7) is 9.38. The summed E-state index contributed by atoms with van der Waals surface area (Å²) in [4.78, 5) is 49.4. The van der Waals surface area contributed by atoms with Crippen molar-refractivity contribution in [2.24, 2.45) is 0 Å². The number of carbonyl (C=O) groups excluding carboxylic acids is 2. The molecule has 0 unspecified atom stereocenters. The van der Waals surface area contributed by atoms with Crippen molar-refractivity contribution < 1.29 is 19.1 Å². The van der Waals surface area contributed by atoms with Gasteiger partial charge < -0.3 is 19.3 Å². The normalized spacial score (nSPS) is 17.4. The monoisotopic (exact) mass is 545 g/mol. The Morgan fingerprint density at radius 2 is 1.92 bits per heavy atom. The van der Waals surface area contributed by atoms with Crippen LogP contribution in [0.2, 0.25) is 0 Å². The summed E-state index contributed by atoms with van der Waals surface area (Å²) < 4.78 is 12.5. The number of thiocarbonyl (C=S) groups is 1. The van der Waals surface area contributed by atoms with Crippen LogP contribution in [0.15, 0.2) is 28.0 Å². The SMILES string of the molecule is CCOCCCN1C(=O)/C(=C\c2c(N3CCN(C(=O)OCC)CC3)nc3ccc(C)cn3c2=O)SC1=S. The molecular formula is C25H31N5O5S2. The third-order valence-electron chi connectivity index (χ3n) is 6.11. The minimum atomic E-state index is -0.350. The number of aromatic nitrogens is 2. The molecule has 198 valence electrons. The van der Waals surface area contributed by atoms with Crippen LogP contribution in [0.25, 0.3) is 11.7 Å². The van der Waals surface area contributed by atoms with E-state index in [4.69, 9.17) is 26.7 Å². The Morgan fingerprint density at radius 3 is 2.62 bits per heavy atom. The van der Waals surface area contributed by atoms with Gasteiger partial charge in [0, 0.05) is 52.1 Å². The Hall–Kier alpha value is -2.96. The number of aryl methyl sites for hydroxylation is 1. The van der Waals surface area contributed by atoms with Crippen LogP contribution in [0, 0.1) is 6.92 Å². The van der Waals surface area contributed by atoms with E-state index in [-0.39, 0.29) is 17.6 Å². The van der Waals surface area contributed by atoms with Crippen LogP contribution in [0.4, 0.5) is 10.6 Å². The molecule has 2 amide bonds. The second kappa shape index (κ2) is 12.1. The number of amides is 2. The molecule has 2 aromatic rings. The number of ether oxygens (including phenoxy) is 2. The van der Waals surface area contributed by atoms with Gasteiger partial charge in [0.25, 0.3) is 11.5 Å². The summed E-state index contributed by atoms with van der Waals surface area (Å²) in [5, 5.41) is 0. The van der Waals surface area contributed by atoms with Crippen molar-refractivity contribution in [3.05, 3.63) is 44.7 Å². The molecule has 4 rings (SSSR count). The van der Waals surface area contributed by atoms with Gasteiger partial charge in [0.1, 0.15) is 15.8 Å². The van der Waals surface area contributed by atoms with Crippen molar-refractivity contribution in [3.8, 4) is 0 Å². The van der Waals surface area contributed by atoms with E-state index in [9.17, 15) is 14.4 Å². The molecule has 10 nitrogen and oxygen atoms in total. The van der Waals surface area contributed by atoms with Crippen LogP contribution in [0.1, 0.15) is 31.4 Å². The lowest BCUT2D eigenvalue weighted by molar-refractivity contribution is -0.122. The zero-order chi connectivity index (χ0) is 26.5. The van der Waals surface area contributed by atoms with Gasteiger partial charge >= 0.3 is 6.09 Å². The lowest BCUT2D eigenvalue weighted by Gasteiger charge is -2.35. The molecule has 2 aromatic heterocycles. The second-order valence-electron chi connectivity index (χ2n) is 8.65. The molecule has 0 aromatic carbocycles. The highest BCUT2D eigenvalue weighted by atomic mass is 32.2. The number of hydrogen-bond acceptors (Lipinski definition) is 9. The van der Waals surface area contributed by atoms with Crippen molar-refractivity contribution >= 4 is 57.8 Å². The lowest BCUT2D eigenvalue weighted by Crippen LogP contribution is -2.49. The van der Waals surface area contributed by atoms with Crippen molar-refractivity contribution in [1.82, 2.24) is 19.2 Å². The number of piperazine rings is 1. The smallest absolute Gasteiger partial charge is 0.409 e. The van der Waals surface area contributed by atoms with Gasteiger partial charge in [0.2, 0.25) is 0 Å². The van der Waals surface area contributed by atoms with Crippen molar-refractivity contribution in [1.29, 1.82) is 0 Å². The molecule has 0 radical (unpaired) electrons. The fraction of sp³-hybridized carbons (Fsp3) is 0.480. The van der Waals surface area contributed by atoms with Crippen LogP contribution in [-0.4, -0.2) is 88.0 Å². The molecular weight excluding hydrogens is 514 g/mol. The number of fused-ring (bicyclic) bond motifs is 1. The Bertz CT molecular complexity index is 1290. The number of anilines is 1. The topological polar surface area (TPSA) is 96.7 Å². The fourth-order valence-electron chi connectivity index (χ4n) is 4.22. The molecule has 0 atom stereocenters. The quantitative estimate of drug-likeness (QED) is 0.282. The summed E-state index contributed by atoms with van der Waals surface area (Å²) in [5.41, 5.74) is 1.48. The predicted octanol–water partition coefficient (Wildman–Crippen LogP) is 2.91. The van der Waals surface area contributed by atoms with E-state index in [0.717, 1.165) is 5.56 Å². The molecule has 0 N–H and O–H groups in total. The number of nitrogens with zero attached hydrogens (tertiary/aromatic N) is 5. The first-order valence-corrected chi connectivity index (χ1v) is 13.6. The first-order valence-electron chi connectivity index (χ1n) is 12.4. The Morgan fingerprint density at radius 1 is 1.16 bits per heavy atom. The van der Waals surface area contributed by atoms with Gasteiger partial charge in [-0.1, -0.05) is 30.0 Å². The third kappa shape index (κ3) is 5.97. The van der Waals surface area contributed by atoms with Gasteiger partial charge in [-0.15, -0.1) is 0 Å². The molecule has 0 bridgehead atoms. The first-order chi connectivity index (χ1) is 17.8. The number of rotatable bonds is 8. The van der Waals surface area contributed by atoms with E-state index >= 15 is 0 Å². The molecule has 37 heavy (non-hydrogen) atoms. The van der Waals surface area contributed by atoms with Gasteiger partial charge in [-0.2, -0.15) is 0 Å². The van der Waals surface area contributed by atoms with Crippen LogP contribution in [0.3, 0.4) is 0 Å². The zero-order valence-electron chi connectivity index (χ0n) is 21.3. The van der Waals surface area contributed by atoms with Crippen molar-refractivity contribution in [2.75, 3.05) is 57.4 Å². The summed E-state index contributed by atoms with van der Waals surface area (Å²) in [6.07, 6.45) is 3.67. The van der Waals surface area contributed by atoms with Gasteiger partial charge in [-0.3, -0.25) is 18.9 Å². The van der Waals surface area contributed by atoms with E-state index in [1.165, 1.54) is 16.2 Å². The summed E-state index contributed by atoms with van der Waals surface area (Å²) in [5.74, 6) is 0.261. The summed E-state index contributed by atoms with van der Waals surface area (Å²) in [7, 11) is 0. The molecule has 12 heteroatoms. The maximum atomic E-state index is 13.7. The molecule has 2 aliphatic rings. The van der Waals surface area contributed by atoms with E-state index in [2.05, 4.69) is 0 Å². The summed E-state index contributed by atoms with van der Waals surface area (Å²) >= 11 is 6.65. The Labute approximate surface area is 225 Å². The largest absolute Gasteiger partial charge is 0.450 e. The third-order valence-corrected chi connectivity index (χ3v) is 7.49. The first kappa shape index (κ1) is 27.1. The average molecular weight is 546 g/mol. The van der Waals surface area contributed by atoms with Crippen LogP contribution in [0.5, 0.6) is 0 Å².